The van der Waals surface area contributed by atoms with E-state index < -0.39 is 36.9 Å². The van der Waals surface area contributed by atoms with Crippen LogP contribution in [0.5, 0.6) is 5.75 Å². The Morgan fingerprint density at radius 3 is 2.59 bits per heavy atom. The Kier molecular flexibility index (Phi) is 6.03. The maximum Gasteiger partial charge on any atom is 0.223 e. The molecule has 7 nitrogen and oxygen atoms in total. The van der Waals surface area contributed by atoms with Crippen molar-refractivity contribution in [3.63, 3.8) is 0 Å². The predicted molar refractivity (Wildman–Crippen MR) is 104 cm³/mol. The van der Waals surface area contributed by atoms with Crippen molar-refractivity contribution in [1.29, 1.82) is 0 Å². The molecule has 29 heavy (non-hydrogen) atoms. The maximum atomic E-state index is 11.7. The first-order chi connectivity index (χ1) is 14.0. The summed E-state index contributed by atoms with van der Waals surface area (Å²) in [5.74, 6) is 0.0653. The maximum absolute atomic E-state index is 11.7. The second-order valence-electron chi connectivity index (χ2n) is 6.98. The van der Waals surface area contributed by atoms with Gasteiger partial charge in [-0.2, -0.15) is 0 Å². The SMILES string of the molecule is CC(=O)N[C@@H]1[C@H](Oc2ccccc2Cl)O[C@@H]2CO[C@H](c3ccccc3)O[C@H]2[C@H]1O. The molecule has 2 saturated heterocycles. The highest BCUT2D eigenvalue weighted by Gasteiger charge is 2.50. The first kappa shape index (κ1) is 20.1. The summed E-state index contributed by atoms with van der Waals surface area (Å²) in [6.45, 7) is 1.57. The summed E-state index contributed by atoms with van der Waals surface area (Å²) < 4.78 is 23.7. The highest BCUT2D eigenvalue weighted by molar-refractivity contribution is 6.32. The van der Waals surface area contributed by atoms with E-state index in [1.165, 1.54) is 6.92 Å². The average molecular weight is 420 g/mol. The fourth-order valence-electron chi connectivity index (χ4n) is 3.53. The Morgan fingerprint density at radius 1 is 1.14 bits per heavy atom. The van der Waals surface area contributed by atoms with Gasteiger partial charge in [0.15, 0.2) is 6.29 Å². The minimum absolute atomic E-state index is 0.205. The lowest BCUT2D eigenvalue weighted by Gasteiger charge is -2.47. The van der Waals surface area contributed by atoms with E-state index in [0.717, 1.165) is 5.56 Å². The van der Waals surface area contributed by atoms with Gasteiger partial charge in [0.2, 0.25) is 12.2 Å². The molecule has 2 N–H and O–H groups in total. The molecule has 2 fully saturated rings. The Labute approximate surface area is 173 Å². The normalized spacial score (nSPS) is 31.6. The van der Waals surface area contributed by atoms with E-state index in [0.29, 0.717) is 10.8 Å². The van der Waals surface area contributed by atoms with Gasteiger partial charge >= 0.3 is 0 Å². The number of aliphatic hydroxyl groups excluding tert-OH is 1. The van der Waals surface area contributed by atoms with Gasteiger partial charge in [-0.05, 0) is 12.1 Å². The van der Waals surface area contributed by atoms with Crippen LogP contribution >= 0.6 is 11.6 Å². The number of hydrogen-bond donors (Lipinski definition) is 2. The molecule has 4 rings (SSSR count). The van der Waals surface area contributed by atoms with Crippen molar-refractivity contribution in [2.24, 2.45) is 0 Å². The molecule has 8 heteroatoms. The molecular weight excluding hydrogens is 398 g/mol. The third kappa shape index (κ3) is 4.39. The number of amides is 1. The predicted octanol–water partition coefficient (Wildman–Crippen LogP) is 2.42. The summed E-state index contributed by atoms with van der Waals surface area (Å²) in [7, 11) is 0. The quantitative estimate of drug-likeness (QED) is 0.791. The first-order valence-corrected chi connectivity index (χ1v) is 9.74. The second kappa shape index (κ2) is 8.69. The largest absolute Gasteiger partial charge is 0.461 e. The monoisotopic (exact) mass is 419 g/mol. The number of rotatable bonds is 4. The van der Waals surface area contributed by atoms with Crippen LogP contribution in [0.1, 0.15) is 18.8 Å². The smallest absolute Gasteiger partial charge is 0.223 e. The van der Waals surface area contributed by atoms with Gasteiger partial charge < -0.3 is 29.4 Å². The lowest BCUT2D eigenvalue weighted by atomic mass is 9.95. The van der Waals surface area contributed by atoms with Crippen LogP contribution in [0, 0.1) is 0 Å². The van der Waals surface area contributed by atoms with Gasteiger partial charge in [0.25, 0.3) is 0 Å². The molecule has 0 spiro atoms. The summed E-state index contributed by atoms with van der Waals surface area (Å²) in [6, 6.07) is 15.5. The number of aliphatic hydroxyl groups is 1. The number of hydrogen-bond acceptors (Lipinski definition) is 6. The standard InChI is InChI=1S/C21H22ClNO6/c1-12(24)23-17-18(25)19-16(11-26-20(29-19)13-7-3-2-4-8-13)28-21(17)27-15-10-6-5-9-14(15)22/h2-10,16-21,25H,11H2,1H3,(H,23,24)/t16-,17+,18+,19-,20+,21-/m1/s1. The highest BCUT2D eigenvalue weighted by atomic mass is 35.5. The third-order valence-corrected chi connectivity index (χ3v) is 5.20. The van der Waals surface area contributed by atoms with Crippen LogP contribution in [0.2, 0.25) is 5.02 Å². The van der Waals surface area contributed by atoms with E-state index in [1.54, 1.807) is 24.3 Å². The van der Waals surface area contributed by atoms with Crippen LogP contribution in [-0.2, 0) is 19.0 Å². The van der Waals surface area contributed by atoms with Gasteiger partial charge in [-0.1, -0.05) is 54.1 Å². The topological polar surface area (TPSA) is 86.3 Å². The molecule has 0 radical (unpaired) electrons. The number of ether oxygens (including phenoxy) is 4. The van der Waals surface area contributed by atoms with E-state index in [9.17, 15) is 9.90 Å². The van der Waals surface area contributed by atoms with Gasteiger partial charge in [-0.25, -0.2) is 0 Å². The molecule has 2 aromatic carbocycles. The lowest BCUT2D eigenvalue weighted by Crippen LogP contribution is -2.67. The Morgan fingerprint density at radius 2 is 1.86 bits per heavy atom. The zero-order chi connectivity index (χ0) is 20.4. The molecule has 2 aromatic rings. The fraction of sp³-hybridized carbons (Fsp3) is 0.381. The van der Waals surface area contributed by atoms with Gasteiger partial charge in [-0.3, -0.25) is 4.79 Å². The van der Waals surface area contributed by atoms with Crippen LogP contribution in [0.3, 0.4) is 0 Å². The van der Waals surface area contributed by atoms with E-state index in [2.05, 4.69) is 5.32 Å². The molecule has 0 aromatic heterocycles. The van der Waals surface area contributed by atoms with Crippen LogP contribution in [0.15, 0.2) is 54.6 Å². The van der Waals surface area contributed by atoms with Crippen LogP contribution in [0.25, 0.3) is 0 Å². The molecule has 2 heterocycles. The molecule has 6 atom stereocenters. The summed E-state index contributed by atoms with van der Waals surface area (Å²) >= 11 is 6.18. The van der Waals surface area contributed by atoms with Crippen molar-refractivity contribution >= 4 is 17.5 Å². The number of halogens is 1. The number of carbonyl (C=O) groups is 1. The van der Waals surface area contributed by atoms with Gasteiger partial charge in [0, 0.05) is 12.5 Å². The zero-order valence-electron chi connectivity index (χ0n) is 15.7. The number of para-hydroxylation sites is 1. The summed E-state index contributed by atoms with van der Waals surface area (Å²) in [4.78, 5) is 11.7. The third-order valence-electron chi connectivity index (χ3n) is 4.89. The molecular formula is C21H22ClNO6. The molecule has 0 bridgehead atoms. The van der Waals surface area contributed by atoms with Crippen molar-refractivity contribution in [3.05, 3.63) is 65.2 Å². The minimum Gasteiger partial charge on any atom is -0.461 e. The van der Waals surface area contributed by atoms with Crippen LogP contribution < -0.4 is 10.1 Å². The zero-order valence-corrected chi connectivity index (χ0v) is 16.5. The van der Waals surface area contributed by atoms with Crippen molar-refractivity contribution in [1.82, 2.24) is 5.32 Å². The summed E-state index contributed by atoms with van der Waals surface area (Å²) in [5, 5.41) is 14.1. The second-order valence-corrected chi connectivity index (χ2v) is 7.39. The van der Waals surface area contributed by atoms with Crippen molar-refractivity contribution in [2.45, 2.75) is 43.9 Å². The molecule has 1 amide bonds. The van der Waals surface area contributed by atoms with Crippen molar-refractivity contribution < 1.29 is 28.8 Å². The molecule has 2 aliphatic heterocycles. The Balaban J connectivity index is 1.55. The molecule has 0 unspecified atom stereocenters. The average Bonchev–Trinajstić information content (AvgIpc) is 2.73. The number of fused-ring (bicyclic) bond motifs is 1. The molecule has 154 valence electrons. The molecule has 2 aliphatic rings. The Bertz CT molecular complexity index is 850. The van der Waals surface area contributed by atoms with Crippen LogP contribution in [0.4, 0.5) is 0 Å². The number of nitrogens with one attached hydrogen (secondary N) is 1. The molecule has 0 aliphatic carbocycles. The van der Waals surface area contributed by atoms with Gasteiger partial charge in [0.1, 0.15) is 30.1 Å². The lowest BCUT2D eigenvalue weighted by molar-refractivity contribution is -0.333. The minimum atomic E-state index is -1.07. The number of carbonyl (C=O) groups excluding carboxylic acids is 1. The molecule has 0 saturated carbocycles. The fourth-order valence-corrected chi connectivity index (χ4v) is 3.71. The summed E-state index contributed by atoms with van der Waals surface area (Å²) in [6.07, 6.45) is -3.93. The van der Waals surface area contributed by atoms with Gasteiger partial charge in [-0.15, -0.1) is 0 Å². The van der Waals surface area contributed by atoms with Crippen molar-refractivity contribution in [3.8, 4) is 5.75 Å². The van der Waals surface area contributed by atoms with Crippen molar-refractivity contribution in [2.75, 3.05) is 6.61 Å². The van der Waals surface area contributed by atoms with Gasteiger partial charge in [0.05, 0.1) is 11.6 Å². The summed E-state index contributed by atoms with van der Waals surface area (Å²) in [5.41, 5.74) is 0.837. The Hall–Kier alpha value is -2.16. The van der Waals surface area contributed by atoms with E-state index in [1.807, 2.05) is 30.3 Å². The first-order valence-electron chi connectivity index (χ1n) is 9.37. The number of benzene rings is 2. The van der Waals surface area contributed by atoms with E-state index >= 15 is 0 Å². The van der Waals surface area contributed by atoms with Crippen LogP contribution in [-0.4, -0.2) is 48.3 Å². The van der Waals surface area contributed by atoms with E-state index in [-0.39, 0.29) is 12.5 Å². The van der Waals surface area contributed by atoms with E-state index in [4.69, 9.17) is 30.5 Å². The highest BCUT2D eigenvalue weighted by Crippen LogP contribution is 2.35.